The van der Waals surface area contributed by atoms with Gasteiger partial charge in [-0.1, -0.05) is 6.07 Å². The van der Waals surface area contributed by atoms with Gasteiger partial charge in [-0.05, 0) is 43.4 Å². The zero-order valence-corrected chi connectivity index (χ0v) is 10.1. The highest BCUT2D eigenvalue weighted by atomic mass is 16.6. The van der Waals surface area contributed by atoms with Crippen molar-refractivity contribution in [2.45, 2.75) is 25.9 Å². The van der Waals surface area contributed by atoms with Gasteiger partial charge in [0.25, 0.3) is 0 Å². The third kappa shape index (κ3) is 2.25. The lowest BCUT2D eigenvalue weighted by molar-refractivity contribution is 0.0459. The van der Waals surface area contributed by atoms with Crippen LogP contribution in [0.5, 0.6) is 11.5 Å². The average molecular weight is 234 g/mol. The molecule has 1 atom stereocenters. The molecule has 1 fully saturated rings. The minimum absolute atomic E-state index is 0.232. The standard InChI is InChI=1S/C14H18O3/c1-2-15-14(10-3-4-10)11-5-6-12-13(9-11)17-8-7-16-12/h5-6,9-10,14H,2-4,7-8H2,1H3. The van der Waals surface area contributed by atoms with Gasteiger partial charge in [0, 0.05) is 6.61 Å². The molecule has 1 unspecified atom stereocenters. The lowest BCUT2D eigenvalue weighted by Crippen LogP contribution is -2.16. The molecule has 1 saturated carbocycles. The van der Waals surface area contributed by atoms with Crippen molar-refractivity contribution in [3.63, 3.8) is 0 Å². The van der Waals surface area contributed by atoms with Crippen LogP contribution in [-0.2, 0) is 4.74 Å². The second-order valence-corrected chi connectivity index (χ2v) is 4.62. The van der Waals surface area contributed by atoms with Crippen LogP contribution in [-0.4, -0.2) is 19.8 Å². The van der Waals surface area contributed by atoms with Crippen LogP contribution in [0.4, 0.5) is 0 Å². The van der Waals surface area contributed by atoms with Crippen LogP contribution in [0.15, 0.2) is 18.2 Å². The van der Waals surface area contributed by atoms with E-state index in [1.807, 2.05) is 13.0 Å². The van der Waals surface area contributed by atoms with Crippen LogP contribution in [0.3, 0.4) is 0 Å². The van der Waals surface area contributed by atoms with Crippen molar-refractivity contribution in [3.8, 4) is 11.5 Å². The van der Waals surface area contributed by atoms with Gasteiger partial charge < -0.3 is 14.2 Å². The fourth-order valence-corrected chi connectivity index (χ4v) is 2.32. The molecule has 0 radical (unpaired) electrons. The minimum atomic E-state index is 0.232. The molecular weight excluding hydrogens is 216 g/mol. The second kappa shape index (κ2) is 4.57. The van der Waals surface area contributed by atoms with E-state index >= 15 is 0 Å². The summed E-state index contributed by atoms with van der Waals surface area (Å²) < 4.78 is 17.0. The van der Waals surface area contributed by atoms with E-state index in [2.05, 4.69) is 12.1 Å². The smallest absolute Gasteiger partial charge is 0.161 e. The van der Waals surface area contributed by atoms with E-state index in [9.17, 15) is 0 Å². The van der Waals surface area contributed by atoms with E-state index in [4.69, 9.17) is 14.2 Å². The van der Waals surface area contributed by atoms with Gasteiger partial charge in [-0.25, -0.2) is 0 Å². The maximum Gasteiger partial charge on any atom is 0.161 e. The van der Waals surface area contributed by atoms with Crippen molar-refractivity contribution in [2.24, 2.45) is 5.92 Å². The highest BCUT2D eigenvalue weighted by molar-refractivity contribution is 5.44. The lowest BCUT2D eigenvalue weighted by Gasteiger charge is -2.22. The number of rotatable bonds is 4. The molecule has 3 rings (SSSR count). The molecule has 0 amide bonds. The van der Waals surface area contributed by atoms with Crippen molar-refractivity contribution < 1.29 is 14.2 Å². The van der Waals surface area contributed by atoms with Gasteiger partial charge in [-0.2, -0.15) is 0 Å². The fourth-order valence-electron chi connectivity index (χ4n) is 2.32. The first kappa shape index (κ1) is 10.9. The number of fused-ring (bicyclic) bond motifs is 1. The molecule has 1 aromatic carbocycles. The van der Waals surface area contributed by atoms with Crippen molar-refractivity contribution in [1.29, 1.82) is 0 Å². The normalized spacial score (nSPS) is 20.1. The maximum absolute atomic E-state index is 5.85. The zero-order valence-electron chi connectivity index (χ0n) is 10.1. The summed E-state index contributed by atoms with van der Waals surface area (Å²) in [5.41, 5.74) is 1.22. The molecule has 1 aliphatic carbocycles. The Kier molecular flexibility index (Phi) is 2.93. The Hall–Kier alpha value is -1.22. The number of hydrogen-bond acceptors (Lipinski definition) is 3. The topological polar surface area (TPSA) is 27.7 Å². The molecule has 0 bridgehead atoms. The molecule has 92 valence electrons. The first-order chi connectivity index (χ1) is 8.38. The predicted octanol–water partition coefficient (Wildman–Crippen LogP) is 2.95. The van der Waals surface area contributed by atoms with E-state index < -0.39 is 0 Å². The third-order valence-corrected chi connectivity index (χ3v) is 3.29. The number of benzene rings is 1. The van der Waals surface area contributed by atoms with Crippen molar-refractivity contribution >= 4 is 0 Å². The van der Waals surface area contributed by atoms with E-state index in [-0.39, 0.29) is 6.10 Å². The first-order valence-corrected chi connectivity index (χ1v) is 6.39. The van der Waals surface area contributed by atoms with E-state index in [1.165, 1.54) is 18.4 Å². The maximum atomic E-state index is 5.85. The Morgan fingerprint density at radius 3 is 2.71 bits per heavy atom. The van der Waals surface area contributed by atoms with Crippen LogP contribution in [0.1, 0.15) is 31.4 Å². The van der Waals surface area contributed by atoms with Gasteiger partial charge in [-0.3, -0.25) is 0 Å². The molecule has 0 aromatic heterocycles. The summed E-state index contributed by atoms with van der Waals surface area (Å²) in [6, 6.07) is 6.18. The molecule has 1 heterocycles. The van der Waals surface area contributed by atoms with Gasteiger partial charge in [0.2, 0.25) is 0 Å². The SMILES string of the molecule is CCOC(c1ccc2c(c1)OCCO2)C1CC1. The Bertz CT molecular complexity index is 398. The highest BCUT2D eigenvalue weighted by Gasteiger charge is 2.33. The Morgan fingerprint density at radius 2 is 2.00 bits per heavy atom. The largest absolute Gasteiger partial charge is 0.486 e. The molecule has 3 nitrogen and oxygen atoms in total. The van der Waals surface area contributed by atoms with Crippen LogP contribution >= 0.6 is 0 Å². The summed E-state index contributed by atoms with van der Waals surface area (Å²) in [6.07, 6.45) is 2.79. The first-order valence-electron chi connectivity index (χ1n) is 6.39. The highest BCUT2D eigenvalue weighted by Crippen LogP contribution is 2.45. The summed E-state index contributed by atoms with van der Waals surface area (Å²) in [6.45, 7) is 4.09. The molecule has 3 heteroatoms. The van der Waals surface area contributed by atoms with E-state index in [0.29, 0.717) is 19.1 Å². The fraction of sp³-hybridized carbons (Fsp3) is 0.571. The average Bonchev–Trinajstić information content (AvgIpc) is 3.20. The van der Waals surface area contributed by atoms with Crippen LogP contribution in [0.2, 0.25) is 0 Å². The minimum Gasteiger partial charge on any atom is -0.486 e. The van der Waals surface area contributed by atoms with Crippen LogP contribution < -0.4 is 9.47 Å². The Morgan fingerprint density at radius 1 is 1.24 bits per heavy atom. The second-order valence-electron chi connectivity index (χ2n) is 4.62. The van der Waals surface area contributed by atoms with Crippen molar-refractivity contribution in [3.05, 3.63) is 23.8 Å². The summed E-state index contributed by atoms with van der Waals surface area (Å²) in [5, 5.41) is 0. The third-order valence-electron chi connectivity index (χ3n) is 3.29. The summed E-state index contributed by atoms with van der Waals surface area (Å²) in [4.78, 5) is 0. The van der Waals surface area contributed by atoms with E-state index in [0.717, 1.165) is 18.1 Å². The molecule has 17 heavy (non-hydrogen) atoms. The van der Waals surface area contributed by atoms with Crippen molar-refractivity contribution in [1.82, 2.24) is 0 Å². The van der Waals surface area contributed by atoms with Gasteiger partial charge in [0.05, 0.1) is 6.10 Å². The monoisotopic (exact) mass is 234 g/mol. The molecule has 1 aliphatic heterocycles. The summed E-state index contributed by atoms with van der Waals surface area (Å²) in [7, 11) is 0. The number of ether oxygens (including phenoxy) is 3. The summed E-state index contributed by atoms with van der Waals surface area (Å²) >= 11 is 0. The molecular formula is C14H18O3. The zero-order chi connectivity index (χ0) is 11.7. The van der Waals surface area contributed by atoms with Crippen molar-refractivity contribution in [2.75, 3.05) is 19.8 Å². The Balaban J connectivity index is 1.85. The van der Waals surface area contributed by atoms with Gasteiger partial charge >= 0.3 is 0 Å². The molecule has 0 saturated heterocycles. The van der Waals surface area contributed by atoms with Gasteiger partial charge in [0.15, 0.2) is 11.5 Å². The molecule has 2 aliphatic rings. The molecule has 1 aromatic rings. The number of hydrogen-bond donors (Lipinski definition) is 0. The van der Waals surface area contributed by atoms with Crippen LogP contribution in [0, 0.1) is 5.92 Å². The summed E-state index contributed by atoms with van der Waals surface area (Å²) in [5.74, 6) is 2.41. The molecule has 0 N–H and O–H groups in total. The van der Waals surface area contributed by atoms with E-state index in [1.54, 1.807) is 0 Å². The lowest BCUT2D eigenvalue weighted by atomic mass is 10.0. The molecule has 0 spiro atoms. The quantitative estimate of drug-likeness (QED) is 0.801. The Labute approximate surface area is 102 Å². The van der Waals surface area contributed by atoms with Crippen LogP contribution in [0.25, 0.3) is 0 Å². The van der Waals surface area contributed by atoms with Gasteiger partial charge in [0.1, 0.15) is 13.2 Å². The predicted molar refractivity (Wildman–Crippen MR) is 64.5 cm³/mol. The van der Waals surface area contributed by atoms with Gasteiger partial charge in [-0.15, -0.1) is 0 Å².